The van der Waals surface area contributed by atoms with Gasteiger partial charge in [-0.25, -0.2) is 8.42 Å². The number of hydrogen-bond acceptors (Lipinski definition) is 4. The molecule has 3 rings (SSSR count). The van der Waals surface area contributed by atoms with Crippen molar-refractivity contribution in [2.24, 2.45) is 0 Å². The highest BCUT2D eigenvalue weighted by atomic mass is 32.2. The Morgan fingerprint density at radius 1 is 0.906 bits per heavy atom. The van der Waals surface area contributed by atoms with Crippen LogP contribution in [0, 0.1) is 0 Å². The quantitative estimate of drug-likeness (QED) is 0.540. The Balaban J connectivity index is 1.71. The summed E-state index contributed by atoms with van der Waals surface area (Å²) in [6.07, 6.45) is -3.54. The zero-order chi connectivity index (χ0) is 23.4. The van der Waals surface area contributed by atoms with Gasteiger partial charge < -0.3 is 10.1 Å². The first-order chi connectivity index (χ1) is 15.0. The average molecular weight is 464 g/mol. The number of alkyl halides is 3. The number of anilines is 2. The zero-order valence-corrected chi connectivity index (χ0v) is 17.7. The SMILES string of the molecule is CS(=O)(=O)N(CC(=O)Nc1ccc(C(F)(F)F)cc1)c1ccc(Oc2ccccc2)cc1. The van der Waals surface area contributed by atoms with E-state index < -0.39 is 34.2 Å². The highest BCUT2D eigenvalue weighted by molar-refractivity contribution is 7.92. The van der Waals surface area contributed by atoms with Crippen LogP contribution >= 0.6 is 0 Å². The number of carbonyl (C=O) groups is 1. The van der Waals surface area contributed by atoms with Crippen molar-refractivity contribution in [2.45, 2.75) is 6.18 Å². The molecule has 10 heteroatoms. The lowest BCUT2D eigenvalue weighted by Gasteiger charge is -2.22. The number of amides is 1. The number of para-hydroxylation sites is 1. The summed E-state index contributed by atoms with van der Waals surface area (Å²) in [4.78, 5) is 12.4. The molecule has 1 amide bonds. The van der Waals surface area contributed by atoms with Crippen LogP contribution in [0.15, 0.2) is 78.9 Å². The maximum atomic E-state index is 12.7. The lowest BCUT2D eigenvalue weighted by atomic mass is 10.2. The molecule has 0 unspecified atom stereocenters. The summed E-state index contributed by atoms with van der Waals surface area (Å²) in [6, 6.07) is 19.0. The summed E-state index contributed by atoms with van der Waals surface area (Å²) >= 11 is 0. The van der Waals surface area contributed by atoms with Crippen molar-refractivity contribution in [3.8, 4) is 11.5 Å². The van der Waals surface area contributed by atoms with E-state index in [9.17, 15) is 26.4 Å². The summed E-state index contributed by atoms with van der Waals surface area (Å²) in [6.45, 7) is -0.557. The molecule has 0 heterocycles. The largest absolute Gasteiger partial charge is 0.457 e. The third-order valence-corrected chi connectivity index (χ3v) is 5.43. The Morgan fingerprint density at radius 2 is 1.47 bits per heavy atom. The lowest BCUT2D eigenvalue weighted by Crippen LogP contribution is -2.37. The second-order valence-electron chi connectivity index (χ2n) is 6.80. The van der Waals surface area contributed by atoms with E-state index in [1.54, 1.807) is 24.3 Å². The minimum Gasteiger partial charge on any atom is -0.457 e. The van der Waals surface area contributed by atoms with Gasteiger partial charge in [0.2, 0.25) is 15.9 Å². The Labute approximate surface area is 183 Å². The number of rotatable bonds is 7. The van der Waals surface area contributed by atoms with Gasteiger partial charge in [0.15, 0.2) is 0 Å². The molecule has 0 spiro atoms. The van der Waals surface area contributed by atoms with Gasteiger partial charge in [0.1, 0.15) is 18.0 Å². The second-order valence-corrected chi connectivity index (χ2v) is 8.71. The number of sulfonamides is 1. The van der Waals surface area contributed by atoms with Crippen LogP contribution in [0.4, 0.5) is 24.5 Å². The van der Waals surface area contributed by atoms with Gasteiger partial charge in [0.05, 0.1) is 17.5 Å². The minimum absolute atomic E-state index is 0.114. The number of hydrogen-bond donors (Lipinski definition) is 1. The van der Waals surface area contributed by atoms with Crippen LogP contribution in [0.25, 0.3) is 0 Å². The molecule has 0 fully saturated rings. The van der Waals surface area contributed by atoms with Crippen LogP contribution in [0.2, 0.25) is 0 Å². The Bertz CT molecular complexity index is 1160. The molecule has 1 N–H and O–H groups in total. The summed E-state index contributed by atoms with van der Waals surface area (Å²) in [5, 5.41) is 2.40. The molecule has 6 nitrogen and oxygen atoms in total. The summed E-state index contributed by atoms with van der Waals surface area (Å²) in [5.74, 6) is 0.374. The van der Waals surface area contributed by atoms with Crippen LogP contribution in [0.3, 0.4) is 0 Å². The molecule has 32 heavy (non-hydrogen) atoms. The molecule has 0 saturated heterocycles. The van der Waals surface area contributed by atoms with Gasteiger partial charge in [-0.15, -0.1) is 0 Å². The van der Waals surface area contributed by atoms with Crippen molar-refractivity contribution in [3.63, 3.8) is 0 Å². The van der Waals surface area contributed by atoms with E-state index in [1.165, 1.54) is 12.1 Å². The predicted molar refractivity (Wildman–Crippen MR) is 115 cm³/mol. The number of carbonyl (C=O) groups excluding carboxylic acids is 1. The van der Waals surface area contributed by atoms with Gasteiger partial charge in [0, 0.05) is 5.69 Å². The van der Waals surface area contributed by atoms with E-state index in [0.29, 0.717) is 11.5 Å². The lowest BCUT2D eigenvalue weighted by molar-refractivity contribution is -0.137. The molecule has 0 bridgehead atoms. The fourth-order valence-corrected chi connectivity index (χ4v) is 3.64. The Hall–Kier alpha value is -3.53. The molecule has 0 aromatic heterocycles. The first-order valence-corrected chi connectivity index (χ1v) is 11.1. The highest BCUT2D eigenvalue weighted by Crippen LogP contribution is 2.30. The zero-order valence-electron chi connectivity index (χ0n) is 16.8. The first-order valence-electron chi connectivity index (χ1n) is 9.30. The molecule has 3 aromatic carbocycles. The number of benzene rings is 3. The number of nitrogens with one attached hydrogen (secondary N) is 1. The molecule has 3 aromatic rings. The third kappa shape index (κ3) is 6.24. The molecule has 0 atom stereocenters. The van der Waals surface area contributed by atoms with Gasteiger partial charge in [-0.3, -0.25) is 9.10 Å². The Kier molecular flexibility index (Phi) is 6.73. The maximum absolute atomic E-state index is 12.7. The molecule has 0 saturated carbocycles. The van der Waals surface area contributed by atoms with Crippen LogP contribution in [-0.4, -0.2) is 27.1 Å². The minimum atomic E-state index is -4.49. The number of ether oxygens (including phenoxy) is 1. The molecular formula is C22H19F3N2O4S. The normalized spacial score (nSPS) is 11.6. The van der Waals surface area contributed by atoms with Crippen molar-refractivity contribution >= 4 is 27.3 Å². The van der Waals surface area contributed by atoms with Gasteiger partial charge in [0.25, 0.3) is 0 Å². The molecule has 0 radical (unpaired) electrons. The maximum Gasteiger partial charge on any atom is 0.416 e. The van der Waals surface area contributed by atoms with E-state index in [1.807, 2.05) is 18.2 Å². The van der Waals surface area contributed by atoms with Crippen LogP contribution in [0.1, 0.15) is 5.56 Å². The third-order valence-electron chi connectivity index (χ3n) is 4.29. The summed E-state index contributed by atoms with van der Waals surface area (Å²) in [7, 11) is -3.82. The predicted octanol–water partition coefficient (Wildman–Crippen LogP) is 4.90. The number of halogens is 3. The smallest absolute Gasteiger partial charge is 0.416 e. The van der Waals surface area contributed by atoms with Crippen molar-refractivity contribution < 1.29 is 31.1 Å². The summed E-state index contributed by atoms with van der Waals surface area (Å²) in [5.41, 5.74) is -0.510. The van der Waals surface area contributed by atoms with Gasteiger partial charge in [-0.05, 0) is 60.7 Å². The van der Waals surface area contributed by atoms with E-state index in [2.05, 4.69) is 5.32 Å². The fourth-order valence-electron chi connectivity index (χ4n) is 2.78. The summed E-state index contributed by atoms with van der Waals surface area (Å²) < 4.78 is 69.0. The molecule has 0 aliphatic heterocycles. The molecule has 0 aliphatic rings. The second kappa shape index (κ2) is 9.31. The standard InChI is InChI=1S/C22H19F3N2O4S/c1-32(29,30)27(15-21(28)26-17-9-7-16(8-10-17)22(23,24)25)18-11-13-20(14-12-18)31-19-5-3-2-4-6-19/h2-14H,15H2,1H3,(H,26,28). The molecular weight excluding hydrogens is 445 g/mol. The highest BCUT2D eigenvalue weighted by Gasteiger charge is 2.30. The van der Waals surface area contributed by atoms with Crippen molar-refractivity contribution in [1.82, 2.24) is 0 Å². The van der Waals surface area contributed by atoms with Gasteiger partial charge in [-0.1, -0.05) is 18.2 Å². The van der Waals surface area contributed by atoms with E-state index >= 15 is 0 Å². The molecule has 0 aliphatic carbocycles. The van der Waals surface area contributed by atoms with Crippen LogP contribution in [0.5, 0.6) is 11.5 Å². The topological polar surface area (TPSA) is 75.7 Å². The number of nitrogens with zero attached hydrogens (tertiary/aromatic N) is 1. The Morgan fingerprint density at radius 3 is 2.00 bits per heavy atom. The fraction of sp³-hybridized carbons (Fsp3) is 0.136. The van der Waals surface area contributed by atoms with Gasteiger partial charge >= 0.3 is 6.18 Å². The first kappa shape index (κ1) is 23.1. The van der Waals surface area contributed by atoms with E-state index in [-0.39, 0.29) is 11.4 Å². The van der Waals surface area contributed by atoms with E-state index in [4.69, 9.17) is 4.74 Å². The average Bonchev–Trinajstić information content (AvgIpc) is 2.72. The van der Waals surface area contributed by atoms with Crippen LogP contribution < -0.4 is 14.4 Å². The molecule has 168 valence electrons. The van der Waals surface area contributed by atoms with Crippen molar-refractivity contribution in [1.29, 1.82) is 0 Å². The van der Waals surface area contributed by atoms with E-state index in [0.717, 1.165) is 34.8 Å². The van der Waals surface area contributed by atoms with Crippen LogP contribution in [-0.2, 0) is 21.0 Å². The van der Waals surface area contributed by atoms with Crippen molar-refractivity contribution in [3.05, 3.63) is 84.4 Å². The van der Waals surface area contributed by atoms with Crippen molar-refractivity contribution in [2.75, 3.05) is 22.4 Å². The van der Waals surface area contributed by atoms with Gasteiger partial charge in [-0.2, -0.15) is 13.2 Å². The monoisotopic (exact) mass is 464 g/mol.